The number of nitrogens with two attached hydrogens (primary N) is 1. The molecule has 2 fully saturated rings. The van der Waals surface area contributed by atoms with Gasteiger partial charge in [-0.1, -0.05) is 30.3 Å². The van der Waals surface area contributed by atoms with Crippen molar-refractivity contribution in [1.82, 2.24) is 4.90 Å². The van der Waals surface area contributed by atoms with Gasteiger partial charge in [-0.15, -0.1) is 0 Å². The number of amides is 1. The van der Waals surface area contributed by atoms with Crippen LogP contribution in [0.1, 0.15) is 25.2 Å². The highest BCUT2D eigenvalue weighted by atomic mass is 16.7. The lowest BCUT2D eigenvalue weighted by Crippen LogP contribution is -2.63. The molecule has 0 unspecified atom stereocenters. The molecule has 0 spiro atoms. The first kappa shape index (κ1) is 19.9. The Balaban J connectivity index is 1.76. The van der Waals surface area contributed by atoms with Gasteiger partial charge in [0.1, 0.15) is 18.0 Å². The molecule has 1 aromatic carbocycles. The molecular formula is C19H27N3O5. The Morgan fingerprint density at radius 2 is 1.96 bits per heavy atom. The predicted octanol–water partition coefficient (Wildman–Crippen LogP) is 0.453. The van der Waals surface area contributed by atoms with E-state index in [4.69, 9.17) is 19.9 Å². The monoisotopic (exact) mass is 377 g/mol. The van der Waals surface area contributed by atoms with E-state index in [0.29, 0.717) is 18.9 Å². The molecule has 0 aromatic heterocycles. The number of hydrogen-bond acceptors (Lipinski definition) is 6. The molecule has 0 radical (unpaired) electrons. The second-order valence-corrected chi connectivity index (χ2v) is 7.06. The molecule has 3 rings (SSSR count). The van der Waals surface area contributed by atoms with E-state index in [1.807, 2.05) is 30.3 Å². The summed E-state index contributed by atoms with van der Waals surface area (Å²) in [6.07, 6.45) is -3.46. The molecule has 2 aliphatic heterocycles. The molecule has 1 amide bonds. The summed E-state index contributed by atoms with van der Waals surface area (Å²) in [5, 5.41) is 10.6. The van der Waals surface area contributed by atoms with Crippen molar-refractivity contribution >= 4 is 11.7 Å². The van der Waals surface area contributed by atoms with E-state index >= 15 is 0 Å². The van der Waals surface area contributed by atoms with E-state index in [-0.39, 0.29) is 0 Å². The standard InChI is InChI=1S/C19H27N3O5/c1-11(22(2)3)21-18(24)17-15(23)14(20)16-13(26-17)9-10-25-19(27-16)12-7-5-4-6-8-12/h4-8,13-17,19,23H,9-10,20H2,1-3H3/t13-,14-,15-,16+,17-,19+/m1/s1. The number of hydrogen-bond donors (Lipinski definition) is 2. The van der Waals surface area contributed by atoms with Crippen LogP contribution in [0.4, 0.5) is 0 Å². The first-order valence-electron chi connectivity index (χ1n) is 9.06. The number of fused-ring (bicyclic) bond motifs is 1. The maximum Gasteiger partial charge on any atom is 0.279 e. The van der Waals surface area contributed by atoms with Crippen molar-refractivity contribution in [2.75, 3.05) is 20.7 Å². The average Bonchev–Trinajstić information content (AvgIpc) is 2.87. The number of aliphatic hydroxyl groups excluding tert-OH is 1. The maximum atomic E-state index is 12.5. The van der Waals surface area contributed by atoms with Crippen LogP contribution in [0.15, 0.2) is 35.3 Å². The largest absolute Gasteiger partial charge is 0.388 e. The van der Waals surface area contributed by atoms with Crippen LogP contribution in [0.2, 0.25) is 0 Å². The van der Waals surface area contributed by atoms with Crippen LogP contribution in [-0.4, -0.2) is 72.9 Å². The lowest BCUT2D eigenvalue weighted by Gasteiger charge is -2.41. The Morgan fingerprint density at radius 3 is 2.63 bits per heavy atom. The van der Waals surface area contributed by atoms with Crippen molar-refractivity contribution in [3.05, 3.63) is 35.9 Å². The molecule has 3 N–H and O–H groups in total. The van der Waals surface area contributed by atoms with Gasteiger partial charge < -0.3 is 30.0 Å². The minimum atomic E-state index is -1.22. The summed E-state index contributed by atoms with van der Waals surface area (Å²) in [6, 6.07) is 8.73. The summed E-state index contributed by atoms with van der Waals surface area (Å²) >= 11 is 0. The molecule has 0 saturated carbocycles. The fourth-order valence-electron chi connectivity index (χ4n) is 3.19. The van der Waals surface area contributed by atoms with Crippen molar-refractivity contribution in [1.29, 1.82) is 0 Å². The molecular weight excluding hydrogens is 350 g/mol. The van der Waals surface area contributed by atoms with Crippen molar-refractivity contribution in [3.8, 4) is 0 Å². The fraction of sp³-hybridized carbons (Fsp3) is 0.579. The summed E-state index contributed by atoms with van der Waals surface area (Å²) in [5.41, 5.74) is 7.10. The smallest absolute Gasteiger partial charge is 0.279 e. The lowest BCUT2D eigenvalue weighted by atomic mass is 9.91. The minimum Gasteiger partial charge on any atom is -0.388 e. The number of aliphatic imine (C=N–C) groups is 1. The van der Waals surface area contributed by atoms with Gasteiger partial charge in [0.05, 0.1) is 18.8 Å². The average molecular weight is 377 g/mol. The van der Waals surface area contributed by atoms with Gasteiger partial charge >= 0.3 is 0 Å². The van der Waals surface area contributed by atoms with Crippen molar-refractivity contribution < 1.29 is 24.1 Å². The zero-order valence-corrected chi connectivity index (χ0v) is 15.8. The second-order valence-electron chi connectivity index (χ2n) is 7.06. The maximum absolute atomic E-state index is 12.5. The van der Waals surface area contributed by atoms with E-state index in [1.54, 1.807) is 25.9 Å². The number of carbonyl (C=O) groups excluding carboxylic acids is 1. The van der Waals surface area contributed by atoms with Crippen LogP contribution in [0.3, 0.4) is 0 Å². The first-order chi connectivity index (χ1) is 12.9. The molecule has 8 nitrogen and oxygen atoms in total. The minimum absolute atomic E-state index is 0.393. The lowest BCUT2D eigenvalue weighted by molar-refractivity contribution is -0.224. The number of carbonyl (C=O) groups is 1. The highest BCUT2D eigenvalue weighted by Gasteiger charge is 2.48. The summed E-state index contributed by atoms with van der Waals surface area (Å²) in [4.78, 5) is 18.2. The molecule has 148 valence electrons. The SMILES string of the molecule is CC(=NC(=O)[C@@H]1O[C@@H]2CCO[C@H](c3ccccc3)O[C@@H]2[C@H](N)[C@H]1O)N(C)C. The quantitative estimate of drug-likeness (QED) is 0.569. The van der Waals surface area contributed by atoms with Gasteiger partial charge in [0.25, 0.3) is 5.91 Å². The number of aliphatic hydroxyl groups is 1. The van der Waals surface area contributed by atoms with Gasteiger partial charge in [0.2, 0.25) is 0 Å². The molecule has 2 heterocycles. The van der Waals surface area contributed by atoms with E-state index < -0.39 is 42.7 Å². The van der Waals surface area contributed by atoms with Crippen molar-refractivity contribution in [3.63, 3.8) is 0 Å². The van der Waals surface area contributed by atoms with Gasteiger partial charge in [0.15, 0.2) is 12.4 Å². The number of rotatable bonds is 2. The van der Waals surface area contributed by atoms with E-state index in [2.05, 4.69) is 4.99 Å². The summed E-state index contributed by atoms with van der Waals surface area (Å²) in [6.45, 7) is 2.10. The van der Waals surface area contributed by atoms with Crippen LogP contribution in [0, 0.1) is 0 Å². The van der Waals surface area contributed by atoms with Crippen LogP contribution in [-0.2, 0) is 19.0 Å². The van der Waals surface area contributed by atoms with E-state index in [9.17, 15) is 9.90 Å². The van der Waals surface area contributed by atoms with E-state index in [0.717, 1.165) is 5.56 Å². The van der Waals surface area contributed by atoms with Gasteiger partial charge in [0, 0.05) is 19.7 Å². The summed E-state index contributed by atoms with van der Waals surface area (Å²) in [5.74, 6) is -0.0246. The topological polar surface area (TPSA) is 107 Å². The number of nitrogens with zero attached hydrogens (tertiary/aromatic N) is 2. The van der Waals surface area contributed by atoms with Crippen LogP contribution < -0.4 is 5.73 Å². The fourth-order valence-corrected chi connectivity index (χ4v) is 3.19. The van der Waals surface area contributed by atoms with Gasteiger partial charge in [-0.3, -0.25) is 4.79 Å². The third-order valence-electron chi connectivity index (χ3n) is 4.96. The number of amidine groups is 1. The molecule has 2 aliphatic rings. The summed E-state index contributed by atoms with van der Waals surface area (Å²) < 4.78 is 17.7. The zero-order chi connectivity index (χ0) is 19.6. The van der Waals surface area contributed by atoms with E-state index in [1.165, 1.54) is 0 Å². The number of benzene rings is 1. The third kappa shape index (κ3) is 4.36. The predicted molar refractivity (Wildman–Crippen MR) is 99.1 cm³/mol. The molecule has 27 heavy (non-hydrogen) atoms. The molecule has 1 aromatic rings. The van der Waals surface area contributed by atoms with Crippen molar-refractivity contribution in [2.45, 2.75) is 50.1 Å². The van der Waals surface area contributed by atoms with Crippen LogP contribution in [0.25, 0.3) is 0 Å². The third-order valence-corrected chi connectivity index (χ3v) is 4.96. The van der Waals surface area contributed by atoms with Crippen LogP contribution >= 0.6 is 0 Å². The first-order valence-corrected chi connectivity index (χ1v) is 9.06. The molecule has 6 atom stereocenters. The Kier molecular flexibility index (Phi) is 6.23. The van der Waals surface area contributed by atoms with Gasteiger partial charge in [-0.25, -0.2) is 0 Å². The molecule has 8 heteroatoms. The number of ether oxygens (including phenoxy) is 3. The second kappa shape index (κ2) is 8.45. The van der Waals surface area contributed by atoms with Gasteiger partial charge in [-0.2, -0.15) is 4.99 Å². The van der Waals surface area contributed by atoms with Crippen molar-refractivity contribution in [2.24, 2.45) is 10.7 Å². The zero-order valence-electron chi connectivity index (χ0n) is 15.8. The normalized spacial score (nSPS) is 34.5. The molecule has 0 bridgehead atoms. The highest BCUT2D eigenvalue weighted by molar-refractivity contribution is 5.95. The Bertz CT molecular complexity index is 681. The molecule has 0 aliphatic carbocycles. The Labute approximate surface area is 158 Å². The molecule has 2 saturated heterocycles. The Morgan fingerprint density at radius 1 is 1.26 bits per heavy atom. The highest BCUT2D eigenvalue weighted by Crippen LogP contribution is 2.33. The summed E-state index contributed by atoms with van der Waals surface area (Å²) in [7, 11) is 3.57. The Hall–Kier alpha value is -1.84. The van der Waals surface area contributed by atoms with Crippen LogP contribution in [0.5, 0.6) is 0 Å². The van der Waals surface area contributed by atoms with Gasteiger partial charge in [-0.05, 0) is 13.3 Å².